The smallest absolute Gasteiger partial charge is 0.322 e. The highest BCUT2D eigenvalue weighted by Gasteiger charge is 2.17. The number of hydrogen-bond acceptors (Lipinski definition) is 6. The van der Waals surface area contributed by atoms with Gasteiger partial charge in [-0.3, -0.25) is 14.8 Å². The van der Waals surface area contributed by atoms with Crippen LogP contribution < -0.4 is 10.0 Å². The Labute approximate surface area is 190 Å². The molecule has 8 nitrogen and oxygen atoms in total. The standard InChI is InChI=1S/C21H14BrFN4O4S/c22-15-6-4-13(5-7-15)20-25-26-21(31-20)24-19(28)14-2-1-3-17(12-14)27-32(29,30)18-10-8-16(23)9-11-18/h1-12,27H,(H,24,26,28). The average molecular weight is 517 g/mol. The Morgan fingerprint density at radius 2 is 1.69 bits per heavy atom. The van der Waals surface area contributed by atoms with Crippen molar-refractivity contribution in [1.82, 2.24) is 10.2 Å². The van der Waals surface area contributed by atoms with Crippen LogP contribution in [-0.4, -0.2) is 24.5 Å². The van der Waals surface area contributed by atoms with E-state index >= 15 is 0 Å². The molecular weight excluding hydrogens is 503 g/mol. The Kier molecular flexibility index (Phi) is 6.01. The second kappa shape index (κ2) is 8.89. The third-order valence-corrected chi connectivity index (χ3v) is 6.16. The molecule has 0 atom stereocenters. The molecule has 0 radical (unpaired) electrons. The third kappa shape index (κ3) is 5.01. The summed E-state index contributed by atoms with van der Waals surface area (Å²) in [6.45, 7) is 0. The molecule has 0 aliphatic heterocycles. The van der Waals surface area contributed by atoms with Gasteiger partial charge in [-0.05, 0) is 66.7 Å². The number of anilines is 2. The van der Waals surface area contributed by atoms with Crippen molar-refractivity contribution < 1.29 is 22.0 Å². The molecular formula is C21H14BrFN4O4S. The van der Waals surface area contributed by atoms with Crippen molar-refractivity contribution in [2.24, 2.45) is 0 Å². The van der Waals surface area contributed by atoms with Crippen molar-refractivity contribution in [2.45, 2.75) is 4.90 Å². The molecule has 4 rings (SSSR count). The normalized spacial score (nSPS) is 11.2. The average Bonchev–Trinajstić information content (AvgIpc) is 3.23. The Hall–Kier alpha value is -3.57. The van der Waals surface area contributed by atoms with Gasteiger partial charge in [0.25, 0.3) is 15.9 Å². The van der Waals surface area contributed by atoms with Crippen molar-refractivity contribution in [1.29, 1.82) is 0 Å². The van der Waals surface area contributed by atoms with E-state index in [9.17, 15) is 17.6 Å². The van der Waals surface area contributed by atoms with E-state index in [1.165, 1.54) is 24.3 Å². The monoisotopic (exact) mass is 516 g/mol. The molecule has 1 amide bonds. The zero-order chi connectivity index (χ0) is 22.7. The van der Waals surface area contributed by atoms with Gasteiger partial charge in [0.2, 0.25) is 5.89 Å². The molecule has 0 bridgehead atoms. The van der Waals surface area contributed by atoms with E-state index in [2.05, 4.69) is 36.2 Å². The molecule has 1 heterocycles. The molecule has 3 aromatic carbocycles. The number of aromatic nitrogens is 2. The topological polar surface area (TPSA) is 114 Å². The third-order valence-electron chi connectivity index (χ3n) is 4.24. The summed E-state index contributed by atoms with van der Waals surface area (Å²) in [6, 6.07) is 17.3. The predicted molar refractivity (Wildman–Crippen MR) is 119 cm³/mol. The summed E-state index contributed by atoms with van der Waals surface area (Å²) in [6.07, 6.45) is 0. The number of carbonyl (C=O) groups is 1. The maximum atomic E-state index is 13.1. The molecule has 11 heteroatoms. The summed E-state index contributed by atoms with van der Waals surface area (Å²) in [5.41, 5.74) is 0.995. The van der Waals surface area contributed by atoms with Crippen LogP contribution in [0.15, 0.2) is 86.6 Å². The fourth-order valence-electron chi connectivity index (χ4n) is 2.70. The van der Waals surface area contributed by atoms with Crippen molar-refractivity contribution in [3.63, 3.8) is 0 Å². The zero-order valence-electron chi connectivity index (χ0n) is 16.1. The Bertz CT molecular complexity index is 1370. The van der Waals surface area contributed by atoms with Gasteiger partial charge >= 0.3 is 6.01 Å². The molecule has 0 saturated heterocycles. The Morgan fingerprint density at radius 1 is 0.969 bits per heavy atom. The van der Waals surface area contributed by atoms with Gasteiger partial charge in [0.1, 0.15) is 5.82 Å². The van der Waals surface area contributed by atoms with Crippen LogP contribution in [0.4, 0.5) is 16.1 Å². The largest absolute Gasteiger partial charge is 0.403 e. The Morgan fingerprint density at radius 3 is 2.41 bits per heavy atom. The number of nitrogens with zero attached hydrogens (tertiary/aromatic N) is 2. The van der Waals surface area contributed by atoms with Crippen LogP contribution in [0.25, 0.3) is 11.5 Å². The summed E-state index contributed by atoms with van der Waals surface area (Å²) >= 11 is 3.34. The molecule has 0 unspecified atom stereocenters. The van der Waals surface area contributed by atoms with Gasteiger partial charge in [-0.1, -0.05) is 27.1 Å². The molecule has 0 aliphatic rings. The van der Waals surface area contributed by atoms with Crippen LogP contribution in [0.2, 0.25) is 0 Å². The first kappa shape index (κ1) is 21.7. The number of hydrogen-bond donors (Lipinski definition) is 2. The quantitative estimate of drug-likeness (QED) is 0.384. The minimum atomic E-state index is -3.95. The van der Waals surface area contributed by atoms with Gasteiger partial charge in [0.15, 0.2) is 0 Å². The maximum absolute atomic E-state index is 13.1. The number of sulfonamides is 1. The highest BCUT2D eigenvalue weighted by atomic mass is 79.9. The molecule has 32 heavy (non-hydrogen) atoms. The van der Waals surface area contributed by atoms with Gasteiger partial charge in [-0.15, -0.1) is 5.10 Å². The van der Waals surface area contributed by atoms with Gasteiger partial charge in [-0.25, -0.2) is 12.8 Å². The Balaban J connectivity index is 1.48. The zero-order valence-corrected chi connectivity index (χ0v) is 18.5. The van der Waals surface area contributed by atoms with E-state index < -0.39 is 21.7 Å². The fraction of sp³-hybridized carbons (Fsp3) is 0. The second-order valence-electron chi connectivity index (χ2n) is 6.51. The van der Waals surface area contributed by atoms with E-state index in [-0.39, 0.29) is 28.1 Å². The lowest BCUT2D eigenvalue weighted by molar-refractivity contribution is 0.102. The van der Waals surface area contributed by atoms with Crippen LogP contribution in [0, 0.1) is 5.82 Å². The number of amides is 1. The van der Waals surface area contributed by atoms with Crippen LogP contribution in [-0.2, 0) is 10.0 Å². The lowest BCUT2D eigenvalue weighted by Crippen LogP contribution is -2.15. The summed E-state index contributed by atoms with van der Waals surface area (Å²) in [7, 11) is -3.95. The van der Waals surface area contributed by atoms with E-state index in [1.807, 2.05) is 12.1 Å². The van der Waals surface area contributed by atoms with Gasteiger partial charge < -0.3 is 4.42 Å². The predicted octanol–water partition coefficient (Wildman–Crippen LogP) is 4.69. The van der Waals surface area contributed by atoms with Gasteiger partial charge in [-0.2, -0.15) is 0 Å². The lowest BCUT2D eigenvalue weighted by atomic mass is 10.2. The molecule has 0 aliphatic carbocycles. The van der Waals surface area contributed by atoms with Gasteiger partial charge in [0, 0.05) is 21.3 Å². The van der Waals surface area contributed by atoms with Crippen molar-refractivity contribution in [3.8, 4) is 11.5 Å². The summed E-state index contributed by atoms with van der Waals surface area (Å²) in [5, 5.41) is 10.2. The first-order chi connectivity index (χ1) is 15.3. The van der Waals surface area contributed by atoms with Crippen LogP contribution in [0.5, 0.6) is 0 Å². The fourth-order valence-corrected chi connectivity index (χ4v) is 4.02. The summed E-state index contributed by atoms with van der Waals surface area (Å²) in [5.74, 6) is -0.889. The molecule has 0 saturated carbocycles. The van der Waals surface area contributed by atoms with Crippen molar-refractivity contribution >= 4 is 43.6 Å². The number of rotatable bonds is 6. The van der Waals surface area contributed by atoms with E-state index in [0.717, 1.165) is 28.7 Å². The van der Waals surface area contributed by atoms with E-state index in [1.54, 1.807) is 12.1 Å². The summed E-state index contributed by atoms with van der Waals surface area (Å²) in [4.78, 5) is 12.5. The molecule has 4 aromatic rings. The van der Waals surface area contributed by atoms with Crippen molar-refractivity contribution in [2.75, 3.05) is 10.0 Å². The maximum Gasteiger partial charge on any atom is 0.322 e. The highest BCUT2D eigenvalue weighted by molar-refractivity contribution is 9.10. The lowest BCUT2D eigenvalue weighted by Gasteiger charge is -2.09. The first-order valence-electron chi connectivity index (χ1n) is 9.09. The van der Waals surface area contributed by atoms with Gasteiger partial charge in [0.05, 0.1) is 4.90 Å². The summed E-state index contributed by atoms with van der Waals surface area (Å²) < 4.78 is 46.7. The van der Waals surface area contributed by atoms with E-state index in [0.29, 0.717) is 5.56 Å². The second-order valence-corrected chi connectivity index (χ2v) is 9.11. The SMILES string of the molecule is O=C(Nc1nnc(-c2ccc(Br)cc2)o1)c1cccc(NS(=O)(=O)c2ccc(F)cc2)c1. The number of carbonyl (C=O) groups excluding carboxylic acids is 1. The molecule has 0 fully saturated rings. The van der Waals surface area contributed by atoms with Crippen LogP contribution in [0.1, 0.15) is 10.4 Å². The first-order valence-corrected chi connectivity index (χ1v) is 11.4. The molecule has 162 valence electrons. The number of benzene rings is 3. The van der Waals surface area contributed by atoms with Crippen LogP contribution in [0.3, 0.4) is 0 Å². The molecule has 2 N–H and O–H groups in total. The number of halogens is 2. The highest BCUT2D eigenvalue weighted by Crippen LogP contribution is 2.23. The number of nitrogens with one attached hydrogen (secondary N) is 2. The van der Waals surface area contributed by atoms with E-state index in [4.69, 9.17) is 4.42 Å². The molecule has 1 aromatic heterocycles. The molecule has 0 spiro atoms. The van der Waals surface area contributed by atoms with Crippen molar-refractivity contribution in [3.05, 3.63) is 88.6 Å². The minimum absolute atomic E-state index is 0.106. The van der Waals surface area contributed by atoms with Crippen LogP contribution >= 0.6 is 15.9 Å². The minimum Gasteiger partial charge on any atom is -0.403 e.